The third kappa shape index (κ3) is 3.41. The highest BCUT2D eigenvalue weighted by Gasteiger charge is 2.06. The Morgan fingerprint density at radius 2 is 1.80 bits per heavy atom. The Hall–Kier alpha value is -2.69. The molecule has 2 N–H and O–H groups in total. The lowest BCUT2D eigenvalue weighted by Crippen LogP contribution is -2.01. The van der Waals surface area contributed by atoms with Gasteiger partial charge in [0.2, 0.25) is 0 Å². The Morgan fingerprint density at radius 3 is 2.50 bits per heavy atom. The number of carbonyl (C=O) groups excluding carboxylic acids is 1. The van der Waals surface area contributed by atoms with Crippen molar-refractivity contribution in [2.75, 3.05) is 5.73 Å². The van der Waals surface area contributed by atoms with Gasteiger partial charge in [0.1, 0.15) is 11.4 Å². The largest absolute Gasteiger partial charge is 0.424 e. The number of azo groups is 1. The summed E-state index contributed by atoms with van der Waals surface area (Å²) in [4.78, 5) is 11.1. The predicted molar refractivity (Wildman–Crippen MR) is 77.5 cm³/mol. The Labute approximate surface area is 117 Å². The van der Waals surface area contributed by atoms with Crippen LogP contribution in [0.2, 0.25) is 0 Å². The summed E-state index contributed by atoms with van der Waals surface area (Å²) in [7, 11) is 0. The van der Waals surface area contributed by atoms with Crippen molar-refractivity contribution >= 4 is 23.0 Å². The first-order chi connectivity index (χ1) is 9.56. The maximum absolute atomic E-state index is 11.1. The van der Waals surface area contributed by atoms with Crippen molar-refractivity contribution < 1.29 is 9.53 Å². The number of benzene rings is 2. The average Bonchev–Trinajstić information content (AvgIpc) is 2.40. The van der Waals surface area contributed by atoms with Crippen molar-refractivity contribution in [3.05, 3.63) is 48.0 Å². The Balaban J connectivity index is 2.35. The Morgan fingerprint density at radius 1 is 1.10 bits per heavy atom. The third-order valence-corrected chi connectivity index (χ3v) is 2.57. The summed E-state index contributed by atoms with van der Waals surface area (Å²) in [5, 5.41) is 8.21. The third-order valence-electron chi connectivity index (χ3n) is 2.57. The summed E-state index contributed by atoms with van der Waals surface area (Å²) in [5.41, 5.74) is 8.39. The van der Waals surface area contributed by atoms with Crippen molar-refractivity contribution in [1.29, 1.82) is 0 Å². The molecular weight excluding hydrogens is 254 g/mol. The van der Waals surface area contributed by atoms with Gasteiger partial charge in [0.25, 0.3) is 0 Å². The maximum atomic E-state index is 11.1. The number of hydrogen-bond acceptors (Lipinski definition) is 5. The molecule has 0 bridgehead atoms. The molecule has 20 heavy (non-hydrogen) atoms. The number of nitrogens with two attached hydrogens (primary N) is 1. The zero-order valence-corrected chi connectivity index (χ0v) is 11.3. The normalized spacial score (nSPS) is 10.7. The minimum Gasteiger partial charge on any atom is -0.424 e. The Bertz CT molecular complexity index is 666. The van der Waals surface area contributed by atoms with Crippen molar-refractivity contribution in [2.45, 2.75) is 13.8 Å². The van der Waals surface area contributed by atoms with Crippen molar-refractivity contribution in [3.63, 3.8) is 0 Å². The lowest BCUT2D eigenvalue weighted by Gasteiger charge is -2.05. The molecule has 2 aromatic rings. The number of rotatable bonds is 3. The fourth-order valence-electron chi connectivity index (χ4n) is 1.63. The number of nitrogen functional groups attached to an aromatic ring is 1. The highest BCUT2D eigenvalue weighted by atomic mass is 16.5. The van der Waals surface area contributed by atoms with Crippen LogP contribution in [0.4, 0.5) is 17.1 Å². The molecule has 0 atom stereocenters. The van der Waals surface area contributed by atoms with E-state index in [1.807, 2.05) is 25.1 Å². The first-order valence-corrected chi connectivity index (χ1v) is 6.11. The van der Waals surface area contributed by atoms with Crippen molar-refractivity contribution in [3.8, 4) is 5.75 Å². The van der Waals surface area contributed by atoms with Crippen LogP contribution in [0.5, 0.6) is 5.75 Å². The predicted octanol–water partition coefficient (Wildman–Crippen LogP) is 3.92. The van der Waals surface area contributed by atoms with Crippen LogP contribution in [-0.2, 0) is 4.79 Å². The Kier molecular flexibility index (Phi) is 4.10. The van der Waals surface area contributed by atoms with E-state index in [1.165, 1.54) is 6.92 Å². The van der Waals surface area contributed by atoms with E-state index in [1.54, 1.807) is 24.3 Å². The van der Waals surface area contributed by atoms with Crippen LogP contribution in [0.1, 0.15) is 12.5 Å². The first kappa shape index (κ1) is 13.7. The van der Waals surface area contributed by atoms with Gasteiger partial charge in [0.05, 0.1) is 5.69 Å². The fraction of sp³-hybridized carbons (Fsp3) is 0.133. The van der Waals surface area contributed by atoms with E-state index in [0.29, 0.717) is 22.8 Å². The molecular formula is C15H15N3O2. The molecule has 0 aromatic heterocycles. The minimum atomic E-state index is -0.399. The summed E-state index contributed by atoms with van der Waals surface area (Å²) >= 11 is 0. The topological polar surface area (TPSA) is 77.0 Å². The molecule has 0 aliphatic carbocycles. The van der Waals surface area contributed by atoms with Crippen LogP contribution in [-0.4, -0.2) is 5.97 Å². The summed E-state index contributed by atoms with van der Waals surface area (Å²) in [5.74, 6) is -0.0223. The molecule has 0 saturated carbocycles. The van der Waals surface area contributed by atoms with Crippen LogP contribution >= 0.6 is 0 Å². The van der Waals surface area contributed by atoms with E-state index in [-0.39, 0.29) is 0 Å². The van der Waals surface area contributed by atoms with Gasteiger partial charge < -0.3 is 10.5 Å². The number of nitrogens with zero attached hydrogens (tertiary/aromatic N) is 2. The maximum Gasteiger partial charge on any atom is 0.308 e. The van der Waals surface area contributed by atoms with Gasteiger partial charge in [-0.15, -0.1) is 10.2 Å². The lowest BCUT2D eigenvalue weighted by atomic mass is 10.2. The summed E-state index contributed by atoms with van der Waals surface area (Å²) in [6.07, 6.45) is 0. The molecule has 0 unspecified atom stereocenters. The van der Waals surface area contributed by atoms with Gasteiger partial charge in [0, 0.05) is 6.92 Å². The molecule has 0 radical (unpaired) electrons. The standard InChI is InChI=1S/C15H15N3O2/c1-10-7-8-15(20-11(2)19)14(9-10)18-17-13-6-4-3-5-12(13)16/h3-9H,16H2,1-2H3. The summed E-state index contributed by atoms with van der Waals surface area (Å²) in [6, 6.07) is 12.5. The molecule has 0 fully saturated rings. The van der Waals surface area contributed by atoms with Crippen LogP contribution in [0, 0.1) is 6.92 Å². The van der Waals surface area contributed by atoms with Gasteiger partial charge in [-0.05, 0) is 36.8 Å². The van der Waals surface area contributed by atoms with Gasteiger partial charge in [-0.3, -0.25) is 4.79 Å². The van der Waals surface area contributed by atoms with Gasteiger partial charge in [-0.1, -0.05) is 18.2 Å². The lowest BCUT2D eigenvalue weighted by molar-refractivity contribution is -0.131. The van der Waals surface area contributed by atoms with E-state index in [4.69, 9.17) is 10.5 Å². The number of ether oxygens (including phenoxy) is 1. The zero-order valence-electron chi connectivity index (χ0n) is 11.3. The van der Waals surface area contributed by atoms with Gasteiger partial charge in [0.15, 0.2) is 5.75 Å². The molecule has 5 nitrogen and oxygen atoms in total. The zero-order chi connectivity index (χ0) is 14.5. The number of hydrogen-bond donors (Lipinski definition) is 1. The molecule has 0 saturated heterocycles. The van der Waals surface area contributed by atoms with E-state index < -0.39 is 5.97 Å². The van der Waals surface area contributed by atoms with E-state index >= 15 is 0 Å². The van der Waals surface area contributed by atoms with Crippen LogP contribution in [0.3, 0.4) is 0 Å². The average molecular weight is 269 g/mol. The molecule has 0 amide bonds. The van der Waals surface area contributed by atoms with Crippen LogP contribution < -0.4 is 10.5 Å². The smallest absolute Gasteiger partial charge is 0.308 e. The highest BCUT2D eigenvalue weighted by Crippen LogP contribution is 2.31. The SMILES string of the molecule is CC(=O)Oc1ccc(C)cc1N=Nc1ccccc1N. The summed E-state index contributed by atoms with van der Waals surface area (Å²) < 4.78 is 5.10. The number of anilines is 1. The molecule has 0 heterocycles. The van der Waals surface area contributed by atoms with Crippen LogP contribution in [0.15, 0.2) is 52.7 Å². The quantitative estimate of drug-likeness (QED) is 0.397. The van der Waals surface area contributed by atoms with E-state index in [2.05, 4.69) is 10.2 Å². The number of aryl methyl sites for hydroxylation is 1. The highest BCUT2D eigenvalue weighted by molar-refractivity contribution is 5.72. The van der Waals surface area contributed by atoms with Crippen molar-refractivity contribution in [2.24, 2.45) is 10.2 Å². The molecule has 0 aliphatic heterocycles. The van der Waals surface area contributed by atoms with E-state index in [9.17, 15) is 4.79 Å². The second-order valence-corrected chi connectivity index (χ2v) is 4.32. The summed E-state index contributed by atoms with van der Waals surface area (Å²) in [6.45, 7) is 3.27. The monoisotopic (exact) mass is 269 g/mol. The van der Waals surface area contributed by atoms with Gasteiger partial charge in [-0.2, -0.15) is 0 Å². The number of esters is 1. The molecule has 5 heteroatoms. The van der Waals surface area contributed by atoms with Crippen molar-refractivity contribution in [1.82, 2.24) is 0 Å². The molecule has 2 rings (SSSR count). The molecule has 0 spiro atoms. The minimum absolute atomic E-state index is 0.376. The number of carbonyl (C=O) groups is 1. The van der Waals surface area contributed by atoms with Gasteiger partial charge >= 0.3 is 5.97 Å². The van der Waals surface area contributed by atoms with Gasteiger partial charge in [-0.25, -0.2) is 0 Å². The van der Waals surface area contributed by atoms with E-state index in [0.717, 1.165) is 5.56 Å². The first-order valence-electron chi connectivity index (χ1n) is 6.11. The fourth-order valence-corrected chi connectivity index (χ4v) is 1.63. The molecule has 0 aliphatic rings. The van der Waals surface area contributed by atoms with Crippen LogP contribution in [0.25, 0.3) is 0 Å². The molecule has 102 valence electrons. The second-order valence-electron chi connectivity index (χ2n) is 4.32. The molecule has 2 aromatic carbocycles. The second kappa shape index (κ2) is 5.97. The number of para-hydroxylation sites is 1.